The van der Waals surface area contributed by atoms with Gasteiger partial charge in [0.1, 0.15) is 11.4 Å². The van der Waals surface area contributed by atoms with E-state index in [1.54, 1.807) is 19.2 Å². The van der Waals surface area contributed by atoms with E-state index in [-0.39, 0.29) is 5.56 Å². The van der Waals surface area contributed by atoms with Crippen molar-refractivity contribution in [3.05, 3.63) is 71.1 Å². The van der Waals surface area contributed by atoms with Crippen molar-refractivity contribution in [1.29, 1.82) is 0 Å². The molecule has 0 N–H and O–H groups in total. The van der Waals surface area contributed by atoms with E-state index in [1.807, 2.05) is 60.1 Å². The smallest absolute Gasteiger partial charge is 0.266 e. The van der Waals surface area contributed by atoms with Crippen molar-refractivity contribution in [3.8, 4) is 28.3 Å². The molecule has 0 amide bonds. The van der Waals surface area contributed by atoms with Crippen LogP contribution in [0.4, 0.5) is 0 Å². The van der Waals surface area contributed by atoms with Crippen LogP contribution in [-0.2, 0) is 6.54 Å². The fraction of sp³-hybridized carbons (Fsp3) is 0.190. The van der Waals surface area contributed by atoms with Gasteiger partial charge in [-0.2, -0.15) is 10.2 Å². The molecule has 0 saturated heterocycles. The highest BCUT2D eigenvalue weighted by Crippen LogP contribution is 2.34. The van der Waals surface area contributed by atoms with Crippen LogP contribution in [0.1, 0.15) is 13.3 Å². The summed E-state index contributed by atoms with van der Waals surface area (Å²) in [6, 6.07) is 17.1. The van der Waals surface area contributed by atoms with E-state index in [1.165, 1.54) is 4.68 Å². The molecule has 0 fully saturated rings. The summed E-state index contributed by atoms with van der Waals surface area (Å²) in [5, 5.41) is 9.37. The van der Waals surface area contributed by atoms with Gasteiger partial charge >= 0.3 is 0 Å². The Morgan fingerprint density at radius 2 is 1.85 bits per heavy atom. The maximum absolute atomic E-state index is 12.1. The van der Waals surface area contributed by atoms with Crippen LogP contribution in [0.25, 0.3) is 28.0 Å². The van der Waals surface area contributed by atoms with Gasteiger partial charge in [-0.05, 0) is 18.6 Å². The summed E-state index contributed by atoms with van der Waals surface area (Å²) in [5.74, 6) is 0.741. The van der Waals surface area contributed by atoms with Gasteiger partial charge in [0.05, 0.1) is 23.9 Å². The number of aromatic nitrogens is 4. The molecule has 1 aromatic carbocycles. The lowest BCUT2D eigenvalue weighted by molar-refractivity contribution is 0.414. The van der Waals surface area contributed by atoms with Gasteiger partial charge in [0.25, 0.3) is 5.56 Å². The second-order valence-electron chi connectivity index (χ2n) is 6.27. The molecule has 3 aromatic heterocycles. The zero-order valence-electron chi connectivity index (χ0n) is 15.3. The summed E-state index contributed by atoms with van der Waals surface area (Å²) < 4.78 is 8.72. The van der Waals surface area contributed by atoms with Crippen molar-refractivity contribution in [2.24, 2.45) is 0 Å². The molecule has 0 radical (unpaired) electrons. The van der Waals surface area contributed by atoms with Crippen molar-refractivity contribution in [1.82, 2.24) is 19.4 Å². The first-order valence-corrected chi connectivity index (χ1v) is 8.91. The summed E-state index contributed by atoms with van der Waals surface area (Å²) >= 11 is 0. The van der Waals surface area contributed by atoms with E-state index < -0.39 is 0 Å². The normalized spacial score (nSPS) is 11.0. The number of fused-ring (bicyclic) bond motifs is 1. The number of nitrogens with zero attached hydrogens (tertiary/aromatic N) is 4. The summed E-state index contributed by atoms with van der Waals surface area (Å²) in [5.41, 5.74) is 4.18. The largest absolute Gasteiger partial charge is 0.497 e. The molecular weight excluding hydrogens is 340 g/mol. The Labute approximate surface area is 156 Å². The zero-order valence-corrected chi connectivity index (χ0v) is 15.3. The van der Waals surface area contributed by atoms with Crippen LogP contribution in [0.3, 0.4) is 0 Å². The average Bonchev–Trinajstić information content (AvgIpc) is 3.09. The lowest BCUT2D eigenvalue weighted by Gasteiger charge is -2.07. The first-order valence-electron chi connectivity index (χ1n) is 8.91. The van der Waals surface area contributed by atoms with Gasteiger partial charge in [-0.1, -0.05) is 37.3 Å². The SMILES string of the molecule is CCCn1nc(-c2c(-c3ccccc3)nn3ccc(OC)cc23)ccc1=O. The molecule has 4 aromatic rings. The predicted molar refractivity (Wildman–Crippen MR) is 105 cm³/mol. The predicted octanol–water partition coefficient (Wildman–Crippen LogP) is 3.64. The summed E-state index contributed by atoms with van der Waals surface area (Å²) in [6.45, 7) is 2.60. The second-order valence-corrected chi connectivity index (χ2v) is 6.27. The number of ether oxygens (including phenoxy) is 1. The minimum absolute atomic E-state index is 0.101. The Balaban J connectivity index is 2.02. The molecule has 0 aliphatic carbocycles. The van der Waals surface area contributed by atoms with Crippen LogP contribution in [0.5, 0.6) is 5.75 Å². The summed E-state index contributed by atoms with van der Waals surface area (Å²) in [6.07, 6.45) is 2.71. The molecule has 0 atom stereocenters. The number of pyridine rings is 1. The molecule has 27 heavy (non-hydrogen) atoms. The third-order valence-corrected chi connectivity index (χ3v) is 4.45. The molecule has 6 nitrogen and oxygen atoms in total. The maximum Gasteiger partial charge on any atom is 0.266 e. The summed E-state index contributed by atoms with van der Waals surface area (Å²) in [4.78, 5) is 12.1. The molecule has 3 heterocycles. The van der Waals surface area contributed by atoms with Gasteiger partial charge in [-0.25, -0.2) is 9.20 Å². The van der Waals surface area contributed by atoms with E-state index in [4.69, 9.17) is 9.84 Å². The number of rotatable bonds is 5. The van der Waals surface area contributed by atoms with Crippen molar-refractivity contribution in [2.45, 2.75) is 19.9 Å². The van der Waals surface area contributed by atoms with Crippen molar-refractivity contribution in [2.75, 3.05) is 7.11 Å². The quantitative estimate of drug-likeness (QED) is 0.545. The Bertz CT molecular complexity index is 1150. The van der Waals surface area contributed by atoms with E-state index >= 15 is 0 Å². The molecule has 0 aliphatic rings. The number of hydrogen-bond acceptors (Lipinski definition) is 4. The molecule has 136 valence electrons. The Kier molecular flexibility index (Phi) is 4.46. The standard InChI is InChI=1S/C21H20N4O2/c1-3-12-25-19(26)10-9-17(22-25)20-18-14-16(27-2)11-13-24(18)23-21(20)15-7-5-4-6-8-15/h4-11,13-14H,3,12H2,1-2H3. The summed E-state index contributed by atoms with van der Waals surface area (Å²) in [7, 11) is 1.64. The van der Waals surface area contributed by atoms with Crippen LogP contribution in [-0.4, -0.2) is 26.5 Å². The van der Waals surface area contributed by atoms with Crippen molar-refractivity contribution in [3.63, 3.8) is 0 Å². The number of aryl methyl sites for hydroxylation is 1. The highest BCUT2D eigenvalue weighted by Gasteiger charge is 2.19. The molecule has 4 rings (SSSR count). The molecule has 6 heteroatoms. The molecule has 0 spiro atoms. The third-order valence-electron chi connectivity index (χ3n) is 4.45. The second kappa shape index (κ2) is 7.07. The molecule has 0 saturated carbocycles. The van der Waals surface area contributed by atoms with Crippen LogP contribution >= 0.6 is 0 Å². The topological polar surface area (TPSA) is 61.4 Å². The highest BCUT2D eigenvalue weighted by atomic mass is 16.5. The van der Waals surface area contributed by atoms with Gasteiger partial charge in [0, 0.05) is 30.4 Å². The van der Waals surface area contributed by atoms with E-state index in [9.17, 15) is 4.79 Å². The van der Waals surface area contributed by atoms with Crippen molar-refractivity contribution >= 4 is 5.52 Å². The first kappa shape index (κ1) is 17.0. The van der Waals surface area contributed by atoms with Gasteiger partial charge in [-0.3, -0.25) is 4.79 Å². The zero-order chi connectivity index (χ0) is 18.8. The van der Waals surface area contributed by atoms with Gasteiger partial charge < -0.3 is 4.74 Å². The number of methoxy groups -OCH3 is 1. The van der Waals surface area contributed by atoms with Crippen LogP contribution in [0.15, 0.2) is 65.6 Å². The Morgan fingerprint density at radius 3 is 2.59 bits per heavy atom. The van der Waals surface area contributed by atoms with Crippen LogP contribution in [0.2, 0.25) is 0 Å². The van der Waals surface area contributed by atoms with Crippen LogP contribution < -0.4 is 10.3 Å². The Hall–Kier alpha value is -3.41. The minimum Gasteiger partial charge on any atom is -0.497 e. The average molecular weight is 360 g/mol. The monoisotopic (exact) mass is 360 g/mol. The fourth-order valence-corrected chi connectivity index (χ4v) is 3.16. The van der Waals surface area contributed by atoms with Crippen LogP contribution in [0, 0.1) is 0 Å². The molecule has 0 bridgehead atoms. The van der Waals surface area contributed by atoms with Gasteiger partial charge in [0.2, 0.25) is 0 Å². The molecule has 0 aliphatic heterocycles. The minimum atomic E-state index is -0.101. The van der Waals surface area contributed by atoms with Gasteiger partial charge in [-0.15, -0.1) is 0 Å². The van der Waals surface area contributed by atoms with E-state index in [0.29, 0.717) is 12.2 Å². The van der Waals surface area contributed by atoms with Gasteiger partial charge in [0.15, 0.2) is 0 Å². The fourth-order valence-electron chi connectivity index (χ4n) is 3.16. The van der Waals surface area contributed by atoms with E-state index in [0.717, 1.165) is 34.5 Å². The first-order chi connectivity index (χ1) is 13.2. The van der Waals surface area contributed by atoms with E-state index in [2.05, 4.69) is 5.10 Å². The van der Waals surface area contributed by atoms with Crippen molar-refractivity contribution < 1.29 is 4.74 Å². The highest BCUT2D eigenvalue weighted by molar-refractivity contribution is 5.91. The number of benzene rings is 1. The lowest BCUT2D eigenvalue weighted by Crippen LogP contribution is -2.22. The molecular formula is C21H20N4O2. The number of hydrogen-bond donors (Lipinski definition) is 0. The third kappa shape index (κ3) is 3.10. The maximum atomic E-state index is 12.1. The lowest BCUT2D eigenvalue weighted by atomic mass is 10.0. The Morgan fingerprint density at radius 1 is 1.04 bits per heavy atom. The molecule has 0 unspecified atom stereocenters.